The molecule has 0 aromatic heterocycles. The Morgan fingerprint density at radius 1 is 1.77 bits per heavy atom. The van der Waals surface area contributed by atoms with Crippen molar-refractivity contribution in [2.45, 2.75) is 26.4 Å². The molecule has 0 amide bonds. The number of nitriles is 1. The van der Waals surface area contributed by atoms with E-state index >= 15 is 0 Å². The van der Waals surface area contributed by atoms with E-state index in [-0.39, 0.29) is 18.9 Å². The molecule has 72 valence electrons. The van der Waals surface area contributed by atoms with Crippen LogP contribution in [-0.2, 0) is 9.53 Å². The Bertz CT molecular complexity index is 242. The topological polar surface area (TPSA) is 73.2 Å². The fraction of sp³-hybridized carbons (Fsp3) is 0.625. The van der Waals surface area contributed by atoms with Crippen LogP contribution < -0.4 is 4.89 Å². The molecule has 0 aliphatic rings. The Morgan fingerprint density at radius 2 is 2.38 bits per heavy atom. The molecular weight excluding hydrogens is 189 g/mol. The van der Waals surface area contributed by atoms with Gasteiger partial charge in [-0.1, -0.05) is 0 Å². The SMILES string of the molecule is CC(C)OC[P+]([O-])=CC(=O)CC#N. The van der Waals surface area contributed by atoms with E-state index in [1.165, 1.54) is 0 Å². The zero-order valence-electron chi connectivity index (χ0n) is 7.69. The maximum atomic E-state index is 11.1. The van der Waals surface area contributed by atoms with E-state index in [2.05, 4.69) is 0 Å². The van der Waals surface area contributed by atoms with Gasteiger partial charge in [0, 0.05) is 0 Å². The molecule has 0 aromatic carbocycles. The number of nitrogens with zero attached hydrogens (tertiary/aromatic N) is 1. The van der Waals surface area contributed by atoms with Crippen LogP contribution in [-0.4, -0.2) is 24.0 Å². The van der Waals surface area contributed by atoms with Crippen LogP contribution in [0.3, 0.4) is 0 Å². The second-order valence-electron chi connectivity index (χ2n) is 2.69. The zero-order valence-corrected chi connectivity index (χ0v) is 8.58. The number of carbonyl (C=O) groups excluding carboxylic acids is 1. The van der Waals surface area contributed by atoms with Gasteiger partial charge in [-0.2, -0.15) is 5.26 Å². The normalized spacial score (nSPS) is 11.5. The van der Waals surface area contributed by atoms with E-state index in [0.717, 1.165) is 5.80 Å². The minimum atomic E-state index is -1.76. The van der Waals surface area contributed by atoms with Crippen LogP contribution >= 0.6 is 7.77 Å². The van der Waals surface area contributed by atoms with Gasteiger partial charge in [0.1, 0.15) is 6.42 Å². The lowest BCUT2D eigenvalue weighted by molar-refractivity contribution is -0.157. The van der Waals surface area contributed by atoms with Gasteiger partial charge in [-0.05, 0) is 13.8 Å². The summed E-state index contributed by atoms with van der Waals surface area (Å²) in [5.41, 5.74) is 0. The highest BCUT2D eigenvalue weighted by molar-refractivity contribution is 7.51. The molecule has 0 radical (unpaired) electrons. The monoisotopic (exact) mass is 201 g/mol. The average Bonchev–Trinajstić information content (AvgIpc) is 2.01. The Kier molecular flexibility index (Phi) is 6.34. The molecule has 1 atom stereocenters. The van der Waals surface area contributed by atoms with Crippen molar-refractivity contribution >= 4 is 19.4 Å². The van der Waals surface area contributed by atoms with Crippen LogP contribution in [0.25, 0.3) is 0 Å². The van der Waals surface area contributed by atoms with Crippen molar-refractivity contribution in [1.82, 2.24) is 0 Å². The first-order valence-electron chi connectivity index (χ1n) is 3.86. The molecule has 0 saturated heterocycles. The molecule has 0 fully saturated rings. The highest BCUT2D eigenvalue weighted by Gasteiger charge is 2.04. The largest absolute Gasteiger partial charge is 0.629 e. The number of carbonyl (C=O) groups is 1. The molecule has 0 aromatic rings. The van der Waals surface area contributed by atoms with Crippen molar-refractivity contribution in [1.29, 1.82) is 5.26 Å². The van der Waals surface area contributed by atoms with Gasteiger partial charge in [0.15, 0.2) is 5.80 Å². The van der Waals surface area contributed by atoms with Gasteiger partial charge in [0.25, 0.3) is 0 Å². The number of ether oxygens (including phenoxy) is 1. The summed E-state index contributed by atoms with van der Waals surface area (Å²) in [4.78, 5) is 21.9. The number of rotatable bonds is 5. The summed E-state index contributed by atoms with van der Waals surface area (Å²) in [6, 6.07) is 1.69. The Labute approximate surface area is 78.6 Å². The quantitative estimate of drug-likeness (QED) is 0.604. The summed E-state index contributed by atoms with van der Waals surface area (Å²) in [7, 11) is -1.76. The van der Waals surface area contributed by atoms with Crippen molar-refractivity contribution < 1.29 is 14.4 Å². The number of ketones is 1. The Morgan fingerprint density at radius 3 is 2.85 bits per heavy atom. The number of Topliss-reactive ketones (excluding diaryl/α,β-unsaturated/α-hetero) is 1. The minimum absolute atomic E-state index is 0.00146. The van der Waals surface area contributed by atoms with Crippen molar-refractivity contribution in [3.63, 3.8) is 0 Å². The fourth-order valence-corrected chi connectivity index (χ4v) is 1.48. The van der Waals surface area contributed by atoms with Gasteiger partial charge in [0.05, 0.1) is 19.9 Å². The maximum absolute atomic E-state index is 11.1. The first-order valence-corrected chi connectivity index (χ1v) is 5.37. The molecule has 0 rings (SSSR count). The lowest BCUT2D eigenvalue weighted by Gasteiger charge is -2.03. The van der Waals surface area contributed by atoms with E-state index in [1.807, 2.05) is 13.8 Å². The van der Waals surface area contributed by atoms with Crippen molar-refractivity contribution in [3.8, 4) is 6.07 Å². The molecular formula is C8H12NO3P. The first-order chi connectivity index (χ1) is 6.06. The smallest absolute Gasteiger partial charge is 0.211 e. The van der Waals surface area contributed by atoms with Crippen LogP contribution in [0.4, 0.5) is 0 Å². The Hall–Kier alpha value is -0.750. The summed E-state index contributed by atoms with van der Waals surface area (Å²) >= 11 is 0. The molecule has 0 aliphatic carbocycles. The Balaban J connectivity index is 3.89. The minimum Gasteiger partial charge on any atom is -0.629 e. The lowest BCUT2D eigenvalue weighted by atomic mass is 10.3. The van der Waals surface area contributed by atoms with Crippen LogP contribution in [0.5, 0.6) is 0 Å². The maximum Gasteiger partial charge on any atom is 0.211 e. The van der Waals surface area contributed by atoms with Crippen LogP contribution in [0.2, 0.25) is 0 Å². The average molecular weight is 201 g/mol. The van der Waals surface area contributed by atoms with Gasteiger partial charge in [-0.25, -0.2) is 0 Å². The first kappa shape index (κ1) is 12.2. The molecule has 13 heavy (non-hydrogen) atoms. The highest BCUT2D eigenvalue weighted by atomic mass is 31.1. The summed E-state index contributed by atoms with van der Waals surface area (Å²) in [6.07, 6.45) is -0.175. The molecule has 0 bridgehead atoms. The fourth-order valence-electron chi connectivity index (χ4n) is 0.544. The van der Waals surface area contributed by atoms with Crippen LogP contribution in [0.1, 0.15) is 20.3 Å². The van der Waals surface area contributed by atoms with E-state index in [0.29, 0.717) is 0 Å². The number of hydrogen-bond acceptors (Lipinski definition) is 4. The van der Waals surface area contributed by atoms with Crippen molar-refractivity contribution in [2.75, 3.05) is 6.35 Å². The standard InChI is InChI=1S/C8H12NO3P/c1-7(2)12-6-13(11)5-8(10)3-4-9/h5,7H,3,6H2,1-2H3. The van der Waals surface area contributed by atoms with Gasteiger partial charge in [-0.3, -0.25) is 4.79 Å². The molecule has 0 spiro atoms. The third-order valence-corrected chi connectivity index (χ3v) is 2.06. The van der Waals surface area contributed by atoms with Gasteiger partial charge < -0.3 is 9.63 Å². The molecule has 0 heterocycles. The predicted molar refractivity (Wildman–Crippen MR) is 49.3 cm³/mol. The van der Waals surface area contributed by atoms with Crippen LogP contribution in [0, 0.1) is 11.3 Å². The second kappa shape index (κ2) is 6.73. The van der Waals surface area contributed by atoms with Crippen molar-refractivity contribution in [2.24, 2.45) is 0 Å². The molecule has 0 N–H and O–H groups in total. The third-order valence-electron chi connectivity index (χ3n) is 1.08. The lowest BCUT2D eigenvalue weighted by Crippen LogP contribution is -2.08. The van der Waals surface area contributed by atoms with Gasteiger partial charge in [0.2, 0.25) is 12.1 Å². The predicted octanol–water partition coefficient (Wildman–Crippen LogP) is 0.411. The van der Waals surface area contributed by atoms with E-state index in [1.54, 1.807) is 6.07 Å². The second-order valence-corrected chi connectivity index (χ2v) is 4.04. The van der Waals surface area contributed by atoms with E-state index in [4.69, 9.17) is 10.00 Å². The molecule has 0 aliphatic heterocycles. The molecule has 5 heteroatoms. The van der Waals surface area contributed by atoms with E-state index in [9.17, 15) is 9.69 Å². The molecule has 1 unspecified atom stereocenters. The molecule has 0 saturated carbocycles. The summed E-state index contributed by atoms with van der Waals surface area (Å²) in [5, 5.41) is 8.15. The van der Waals surface area contributed by atoms with Crippen LogP contribution in [0.15, 0.2) is 0 Å². The summed E-state index contributed by atoms with van der Waals surface area (Å²) in [5.74, 6) is 0.650. The zero-order chi connectivity index (χ0) is 10.3. The van der Waals surface area contributed by atoms with Gasteiger partial charge >= 0.3 is 0 Å². The highest BCUT2D eigenvalue weighted by Crippen LogP contribution is 2.10. The van der Waals surface area contributed by atoms with E-state index < -0.39 is 13.6 Å². The van der Waals surface area contributed by atoms with Gasteiger partial charge in [-0.15, -0.1) is 0 Å². The van der Waals surface area contributed by atoms with Crippen molar-refractivity contribution in [3.05, 3.63) is 0 Å². The number of hydrogen-bond donors (Lipinski definition) is 0. The third kappa shape index (κ3) is 7.61. The summed E-state index contributed by atoms with van der Waals surface area (Å²) in [6.45, 7) is 3.64. The summed E-state index contributed by atoms with van der Waals surface area (Å²) < 4.78 is 5.03. The molecule has 4 nitrogen and oxygen atoms in total.